The van der Waals surface area contributed by atoms with Crippen molar-refractivity contribution in [3.8, 4) is 11.5 Å². The highest BCUT2D eigenvalue weighted by Crippen LogP contribution is 2.32. The zero-order valence-electron chi connectivity index (χ0n) is 13.0. The third kappa shape index (κ3) is 3.33. The van der Waals surface area contributed by atoms with Crippen molar-refractivity contribution in [2.24, 2.45) is 11.7 Å². The van der Waals surface area contributed by atoms with Gasteiger partial charge in [0.1, 0.15) is 0 Å². The van der Waals surface area contributed by atoms with Gasteiger partial charge in [0.2, 0.25) is 0 Å². The van der Waals surface area contributed by atoms with Gasteiger partial charge in [-0.1, -0.05) is 13.0 Å². The maximum Gasteiger partial charge on any atom is 0.161 e. The van der Waals surface area contributed by atoms with Gasteiger partial charge in [-0.3, -0.25) is 4.90 Å². The molecule has 2 N–H and O–H groups in total. The highest BCUT2D eigenvalue weighted by molar-refractivity contribution is 5.44. The quantitative estimate of drug-likeness (QED) is 0.929. The third-order valence-corrected chi connectivity index (χ3v) is 4.54. The first-order valence-corrected chi connectivity index (χ1v) is 8.02. The second-order valence-electron chi connectivity index (χ2n) is 6.51. The molecule has 3 atom stereocenters. The smallest absolute Gasteiger partial charge is 0.161 e. The van der Waals surface area contributed by atoms with Gasteiger partial charge >= 0.3 is 0 Å². The lowest BCUT2D eigenvalue weighted by atomic mass is 10.1. The van der Waals surface area contributed by atoms with E-state index < -0.39 is 0 Å². The van der Waals surface area contributed by atoms with Crippen LogP contribution in [0.3, 0.4) is 0 Å². The fourth-order valence-electron chi connectivity index (χ4n) is 3.41. The number of hydrogen-bond donors (Lipinski definition) is 1. The molecule has 2 aliphatic heterocycles. The highest BCUT2D eigenvalue weighted by atomic mass is 16.5. The largest absolute Gasteiger partial charge is 0.490 e. The summed E-state index contributed by atoms with van der Waals surface area (Å²) in [4.78, 5) is 2.50. The molecule has 1 fully saturated rings. The number of hydrogen-bond acceptors (Lipinski definition) is 4. The molecule has 1 aromatic carbocycles. The number of nitrogens with zero attached hydrogens (tertiary/aromatic N) is 1. The van der Waals surface area contributed by atoms with E-state index in [1.54, 1.807) is 0 Å². The standard InChI is InChI=1S/C17H26N2O2/c1-12-8-13(2)19(10-12)11-15(18)14-4-5-16-17(9-14)21-7-3-6-20-16/h4-5,9,12-13,15H,3,6-8,10-11,18H2,1-2H3. The first-order chi connectivity index (χ1) is 10.1. The van der Waals surface area contributed by atoms with Gasteiger partial charge in [0.05, 0.1) is 13.2 Å². The van der Waals surface area contributed by atoms with Gasteiger partial charge < -0.3 is 15.2 Å². The van der Waals surface area contributed by atoms with Crippen molar-refractivity contribution < 1.29 is 9.47 Å². The Morgan fingerprint density at radius 1 is 1.24 bits per heavy atom. The minimum Gasteiger partial charge on any atom is -0.490 e. The van der Waals surface area contributed by atoms with Crippen LogP contribution in [0.4, 0.5) is 0 Å². The third-order valence-electron chi connectivity index (χ3n) is 4.54. The molecule has 21 heavy (non-hydrogen) atoms. The Kier molecular flexibility index (Phi) is 4.36. The van der Waals surface area contributed by atoms with E-state index in [0.29, 0.717) is 12.6 Å². The predicted molar refractivity (Wildman–Crippen MR) is 83.8 cm³/mol. The van der Waals surface area contributed by atoms with Crippen LogP contribution in [0.15, 0.2) is 18.2 Å². The van der Waals surface area contributed by atoms with Gasteiger partial charge in [-0.15, -0.1) is 0 Å². The van der Waals surface area contributed by atoms with E-state index in [4.69, 9.17) is 15.2 Å². The van der Waals surface area contributed by atoms with Crippen molar-refractivity contribution in [2.45, 2.75) is 38.8 Å². The lowest BCUT2D eigenvalue weighted by molar-refractivity contribution is 0.248. The van der Waals surface area contributed by atoms with E-state index in [0.717, 1.165) is 49.1 Å². The summed E-state index contributed by atoms with van der Waals surface area (Å²) in [5, 5.41) is 0. The molecule has 3 unspecified atom stereocenters. The summed E-state index contributed by atoms with van der Waals surface area (Å²) < 4.78 is 11.4. The summed E-state index contributed by atoms with van der Waals surface area (Å²) in [6.45, 7) is 8.11. The zero-order valence-corrected chi connectivity index (χ0v) is 13.0. The molecular weight excluding hydrogens is 264 g/mol. The second kappa shape index (κ2) is 6.24. The Hall–Kier alpha value is -1.26. The predicted octanol–water partition coefficient (Wildman–Crippen LogP) is 2.58. The molecule has 1 saturated heterocycles. The van der Waals surface area contributed by atoms with Gasteiger partial charge in [-0.05, 0) is 37.0 Å². The first kappa shape index (κ1) is 14.7. The maximum absolute atomic E-state index is 6.42. The van der Waals surface area contributed by atoms with E-state index in [9.17, 15) is 0 Å². The minimum absolute atomic E-state index is 0.0231. The topological polar surface area (TPSA) is 47.7 Å². The number of nitrogens with two attached hydrogens (primary N) is 1. The van der Waals surface area contributed by atoms with E-state index in [1.165, 1.54) is 6.42 Å². The molecule has 2 heterocycles. The molecule has 0 amide bonds. The molecule has 4 heteroatoms. The molecule has 2 aliphatic rings. The van der Waals surface area contributed by atoms with Crippen LogP contribution >= 0.6 is 0 Å². The number of ether oxygens (including phenoxy) is 2. The van der Waals surface area contributed by atoms with Crippen LogP contribution in [0.2, 0.25) is 0 Å². The van der Waals surface area contributed by atoms with Crippen LogP contribution in [-0.4, -0.2) is 37.2 Å². The van der Waals surface area contributed by atoms with Crippen LogP contribution in [0.1, 0.15) is 38.3 Å². The Balaban J connectivity index is 1.70. The Morgan fingerprint density at radius 3 is 2.71 bits per heavy atom. The first-order valence-electron chi connectivity index (χ1n) is 8.02. The monoisotopic (exact) mass is 290 g/mol. The lowest BCUT2D eigenvalue weighted by Gasteiger charge is -2.25. The summed E-state index contributed by atoms with van der Waals surface area (Å²) in [5.74, 6) is 2.45. The van der Waals surface area contributed by atoms with Crippen LogP contribution in [0, 0.1) is 5.92 Å². The molecule has 4 nitrogen and oxygen atoms in total. The van der Waals surface area contributed by atoms with Crippen molar-refractivity contribution in [3.63, 3.8) is 0 Å². The van der Waals surface area contributed by atoms with Crippen molar-refractivity contribution in [1.29, 1.82) is 0 Å². The molecule has 0 bridgehead atoms. The molecule has 0 saturated carbocycles. The van der Waals surface area contributed by atoms with Gasteiger partial charge in [-0.2, -0.15) is 0 Å². The molecule has 1 aromatic rings. The summed E-state index contributed by atoms with van der Waals surface area (Å²) in [6.07, 6.45) is 2.20. The van der Waals surface area contributed by atoms with Gasteiger partial charge in [0.25, 0.3) is 0 Å². The zero-order chi connectivity index (χ0) is 14.8. The van der Waals surface area contributed by atoms with E-state index in [-0.39, 0.29) is 6.04 Å². The Bertz CT molecular complexity index is 492. The average Bonchev–Trinajstić information content (AvgIpc) is 2.67. The second-order valence-corrected chi connectivity index (χ2v) is 6.51. The fraction of sp³-hybridized carbons (Fsp3) is 0.647. The molecular formula is C17H26N2O2. The van der Waals surface area contributed by atoms with Crippen LogP contribution < -0.4 is 15.2 Å². The van der Waals surface area contributed by atoms with E-state index in [2.05, 4.69) is 30.9 Å². The highest BCUT2D eigenvalue weighted by Gasteiger charge is 2.27. The normalized spacial score (nSPS) is 27.4. The number of likely N-dealkylation sites (tertiary alicyclic amines) is 1. The summed E-state index contributed by atoms with van der Waals surface area (Å²) in [6, 6.07) is 6.77. The van der Waals surface area contributed by atoms with Gasteiger partial charge in [-0.25, -0.2) is 0 Å². The lowest BCUT2D eigenvalue weighted by Crippen LogP contribution is -2.34. The van der Waals surface area contributed by atoms with Crippen LogP contribution in [0.25, 0.3) is 0 Å². The fourth-order valence-corrected chi connectivity index (χ4v) is 3.41. The average molecular weight is 290 g/mol. The number of fused-ring (bicyclic) bond motifs is 1. The molecule has 0 radical (unpaired) electrons. The van der Waals surface area contributed by atoms with E-state index >= 15 is 0 Å². The Morgan fingerprint density at radius 2 is 2.00 bits per heavy atom. The molecule has 3 rings (SSSR count). The van der Waals surface area contributed by atoms with Crippen LogP contribution in [-0.2, 0) is 0 Å². The summed E-state index contributed by atoms with van der Waals surface area (Å²) in [5.41, 5.74) is 7.55. The SMILES string of the molecule is CC1CC(C)N(CC(N)c2ccc3c(c2)OCCCO3)C1. The molecule has 0 aromatic heterocycles. The summed E-state index contributed by atoms with van der Waals surface area (Å²) >= 11 is 0. The summed E-state index contributed by atoms with van der Waals surface area (Å²) in [7, 11) is 0. The van der Waals surface area contributed by atoms with Gasteiger partial charge in [0.15, 0.2) is 11.5 Å². The van der Waals surface area contributed by atoms with Gasteiger partial charge in [0, 0.05) is 31.6 Å². The number of benzene rings is 1. The van der Waals surface area contributed by atoms with Crippen molar-refractivity contribution in [1.82, 2.24) is 4.90 Å². The van der Waals surface area contributed by atoms with Crippen molar-refractivity contribution >= 4 is 0 Å². The van der Waals surface area contributed by atoms with Crippen molar-refractivity contribution in [3.05, 3.63) is 23.8 Å². The molecule has 116 valence electrons. The maximum atomic E-state index is 6.42. The van der Waals surface area contributed by atoms with Crippen LogP contribution in [0.5, 0.6) is 11.5 Å². The Labute approximate surface area is 127 Å². The van der Waals surface area contributed by atoms with E-state index in [1.807, 2.05) is 6.07 Å². The molecule has 0 aliphatic carbocycles. The minimum atomic E-state index is 0.0231. The molecule has 0 spiro atoms. The number of rotatable bonds is 3. The van der Waals surface area contributed by atoms with Crippen molar-refractivity contribution in [2.75, 3.05) is 26.3 Å².